The molecule has 1 amide bonds. The van der Waals surface area contributed by atoms with Crippen molar-refractivity contribution in [2.45, 2.75) is 19.8 Å². The first-order valence-electron chi connectivity index (χ1n) is 6.80. The van der Waals surface area contributed by atoms with Crippen LogP contribution in [0.1, 0.15) is 19.8 Å². The summed E-state index contributed by atoms with van der Waals surface area (Å²) in [5.41, 5.74) is 6.41. The van der Waals surface area contributed by atoms with Gasteiger partial charge in [-0.15, -0.1) is 0 Å². The van der Waals surface area contributed by atoms with Gasteiger partial charge in [0.25, 0.3) is 0 Å². The van der Waals surface area contributed by atoms with Gasteiger partial charge in [-0.1, -0.05) is 53.6 Å². The van der Waals surface area contributed by atoms with Crippen LogP contribution < -0.4 is 11.1 Å². The number of carbonyl (C=O) groups excluding carboxylic acids is 1. The fraction of sp³-hybridized carbons (Fsp3) is 0.250. The fourth-order valence-electron chi connectivity index (χ4n) is 2.21. The van der Waals surface area contributed by atoms with Gasteiger partial charge in [0.1, 0.15) is 0 Å². The molecule has 2 rings (SSSR count). The zero-order chi connectivity index (χ0) is 15.4. The van der Waals surface area contributed by atoms with Gasteiger partial charge in [-0.25, -0.2) is 0 Å². The molecule has 0 fully saturated rings. The first-order valence-corrected chi connectivity index (χ1v) is 8.01. The molecule has 0 spiro atoms. The molecule has 110 valence electrons. The van der Waals surface area contributed by atoms with E-state index in [2.05, 4.69) is 21.2 Å². The normalized spacial score (nSPS) is 12.1. The van der Waals surface area contributed by atoms with Gasteiger partial charge in [-0.3, -0.25) is 4.79 Å². The number of halogens is 1. The molecule has 2 aromatic rings. The maximum absolute atomic E-state index is 12.2. The minimum atomic E-state index is -0.411. The van der Waals surface area contributed by atoms with Gasteiger partial charge < -0.3 is 11.1 Å². The van der Waals surface area contributed by atoms with Crippen molar-refractivity contribution in [3.05, 3.63) is 40.9 Å². The molecule has 5 heteroatoms. The summed E-state index contributed by atoms with van der Waals surface area (Å²) in [7, 11) is 0. The first kappa shape index (κ1) is 15.9. The van der Waals surface area contributed by atoms with Crippen molar-refractivity contribution in [1.29, 1.82) is 0 Å². The van der Waals surface area contributed by atoms with Crippen LogP contribution in [0.5, 0.6) is 0 Å². The van der Waals surface area contributed by atoms with Crippen LogP contribution in [0.2, 0.25) is 0 Å². The van der Waals surface area contributed by atoms with E-state index < -0.39 is 5.92 Å². The Hall–Kier alpha value is -1.46. The predicted molar refractivity (Wildman–Crippen MR) is 95.5 cm³/mol. The lowest BCUT2D eigenvalue weighted by Gasteiger charge is -2.15. The second kappa shape index (κ2) is 7.00. The van der Waals surface area contributed by atoms with Crippen LogP contribution in [0.25, 0.3) is 10.8 Å². The van der Waals surface area contributed by atoms with E-state index in [1.807, 2.05) is 43.3 Å². The molecule has 0 saturated heterocycles. The Balaban J connectivity index is 2.20. The fourth-order valence-corrected chi connectivity index (χ4v) is 2.82. The molecule has 21 heavy (non-hydrogen) atoms. The summed E-state index contributed by atoms with van der Waals surface area (Å²) in [5, 5.41) is 5.08. The maximum Gasteiger partial charge on any atom is 0.234 e. The smallest absolute Gasteiger partial charge is 0.234 e. The summed E-state index contributed by atoms with van der Waals surface area (Å²) in [6.07, 6.45) is 1.53. The standard InChI is InChI=1S/C16H17BrN2OS/c1-2-3-14(15(18)21)16(20)19-13-7-5-10-8-12(17)6-4-11(10)9-13/h4-9,14H,2-3H2,1H3,(H2,18,21)(H,19,20). The van der Waals surface area contributed by atoms with Crippen molar-refractivity contribution in [3.63, 3.8) is 0 Å². The van der Waals surface area contributed by atoms with Gasteiger partial charge in [0.15, 0.2) is 0 Å². The zero-order valence-corrected chi connectivity index (χ0v) is 14.1. The highest BCUT2D eigenvalue weighted by molar-refractivity contribution is 9.10. The minimum Gasteiger partial charge on any atom is -0.393 e. The molecule has 0 bridgehead atoms. The largest absolute Gasteiger partial charge is 0.393 e. The summed E-state index contributed by atoms with van der Waals surface area (Å²) in [4.78, 5) is 12.5. The van der Waals surface area contributed by atoms with E-state index in [1.54, 1.807) is 0 Å². The van der Waals surface area contributed by atoms with Crippen molar-refractivity contribution in [1.82, 2.24) is 0 Å². The molecule has 3 nitrogen and oxygen atoms in total. The lowest BCUT2D eigenvalue weighted by Crippen LogP contribution is -2.33. The number of nitrogens with one attached hydrogen (secondary N) is 1. The first-order chi connectivity index (χ1) is 10.0. The van der Waals surface area contributed by atoms with Crippen LogP contribution in [0.4, 0.5) is 5.69 Å². The molecular weight excluding hydrogens is 348 g/mol. The van der Waals surface area contributed by atoms with E-state index in [0.717, 1.165) is 27.4 Å². The highest BCUT2D eigenvalue weighted by atomic mass is 79.9. The number of hydrogen-bond donors (Lipinski definition) is 2. The van der Waals surface area contributed by atoms with Gasteiger partial charge in [-0.05, 0) is 41.5 Å². The highest BCUT2D eigenvalue weighted by Gasteiger charge is 2.20. The maximum atomic E-state index is 12.2. The number of benzene rings is 2. The lowest BCUT2D eigenvalue weighted by molar-refractivity contribution is -0.118. The number of nitrogens with two attached hydrogens (primary N) is 1. The van der Waals surface area contributed by atoms with Gasteiger partial charge in [0.2, 0.25) is 5.91 Å². The highest BCUT2D eigenvalue weighted by Crippen LogP contribution is 2.23. The van der Waals surface area contributed by atoms with Crippen LogP contribution in [0, 0.1) is 5.92 Å². The van der Waals surface area contributed by atoms with E-state index in [-0.39, 0.29) is 10.9 Å². The molecule has 0 aromatic heterocycles. The topological polar surface area (TPSA) is 55.1 Å². The summed E-state index contributed by atoms with van der Waals surface area (Å²) in [5.74, 6) is -0.550. The SMILES string of the molecule is CCCC(C(=O)Nc1ccc2cc(Br)ccc2c1)C(N)=S. The van der Waals surface area contributed by atoms with E-state index in [9.17, 15) is 4.79 Å². The number of thiocarbonyl (C=S) groups is 1. The van der Waals surface area contributed by atoms with Gasteiger partial charge in [0.05, 0.1) is 10.9 Å². The van der Waals surface area contributed by atoms with Crippen molar-refractivity contribution in [2.24, 2.45) is 11.7 Å². The third-order valence-corrected chi connectivity index (χ3v) is 4.08. The molecule has 1 unspecified atom stereocenters. The van der Waals surface area contributed by atoms with Crippen molar-refractivity contribution < 1.29 is 4.79 Å². The number of fused-ring (bicyclic) bond motifs is 1. The van der Waals surface area contributed by atoms with Crippen LogP contribution in [-0.2, 0) is 4.79 Å². The molecule has 1 atom stereocenters. The van der Waals surface area contributed by atoms with Gasteiger partial charge in [0, 0.05) is 10.2 Å². The molecule has 3 N–H and O–H groups in total. The minimum absolute atomic E-state index is 0.138. The summed E-state index contributed by atoms with van der Waals surface area (Å²) in [6.45, 7) is 2.01. The molecule has 0 aliphatic rings. The number of hydrogen-bond acceptors (Lipinski definition) is 2. The van der Waals surface area contributed by atoms with Crippen molar-refractivity contribution >= 4 is 55.5 Å². The van der Waals surface area contributed by atoms with Crippen molar-refractivity contribution in [3.8, 4) is 0 Å². The Morgan fingerprint density at radius 1 is 1.29 bits per heavy atom. The predicted octanol–water partition coefficient (Wildman–Crippen LogP) is 4.24. The summed E-state index contributed by atoms with van der Waals surface area (Å²) >= 11 is 8.42. The number of anilines is 1. The van der Waals surface area contributed by atoms with Gasteiger partial charge >= 0.3 is 0 Å². The zero-order valence-electron chi connectivity index (χ0n) is 11.7. The number of amides is 1. The van der Waals surface area contributed by atoms with E-state index in [0.29, 0.717) is 6.42 Å². The molecule has 2 aromatic carbocycles. The van der Waals surface area contributed by atoms with E-state index in [4.69, 9.17) is 18.0 Å². The Morgan fingerprint density at radius 2 is 1.95 bits per heavy atom. The Kier molecular flexibility index (Phi) is 5.31. The number of carbonyl (C=O) groups is 1. The molecular formula is C16H17BrN2OS. The molecule has 0 radical (unpaired) electrons. The van der Waals surface area contributed by atoms with Gasteiger partial charge in [-0.2, -0.15) is 0 Å². The molecule has 0 saturated carbocycles. The van der Waals surface area contributed by atoms with Crippen LogP contribution in [0.3, 0.4) is 0 Å². The summed E-state index contributed by atoms with van der Waals surface area (Å²) in [6, 6.07) is 11.8. The molecule has 0 aliphatic carbocycles. The average Bonchev–Trinajstić information content (AvgIpc) is 2.44. The van der Waals surface area contributed by atoms with Crippen LogP contribution >= 0.6 is 28.1 Å². The quantitative estimate of drug-likeness (QED) is 0.779. The van der Waals surface area contributed by atoms with E-state index in [1.165, 1.54) is 0 Å². The Bertz CT molecular complexity index is 687. The van der Waals surface area contributed by atoms with Crippen LogP contribution in [-0.4, -0.2) is 10.9 Å². The Morgan fingerprint density at radius 3 is 2.62 bits per heavy atom. The average molecular weight is 365 g/mol. The van der Waals surface area contributed by atoms with Crippen LogP contribution in [0.15, 0.2) is 40.9 Å². The molecule has 0 heterocycles. The van der Waals surface area contributed by atoms with Crippen molar-refractivity contribution in [2.75, 3.05) is 5.32 Å². The third kappa shape index (κ3) is 4.02. The third-order valence-electron chi connectivity index (χ3n) is 3.31. The second-order valence-corrected chi connectivity index (χ2v) is 6.33. The summed E-state index contributed by atoms with van der Waals surface area (Å²) < 4.78 is 1.03. The second-order valence-electron chi connectivity index (χ2n) is 4.94. The number of rotatable bonds is 5. The monoisotopic (exact) mass is 364 g/mol. The molecule has 0 aliphatic heterocycles. The van der Waals surface area contributed by atoms with E-state index >= 15 is 0 Å². The lowest BCUT2D eigenvalue weighted by atomic mass is 10.0. The Labute approximate surface area is 138 Å².